The zero-order chi connectivity index (χ0) is 20.0. The highest BCUT2D eigenvalue weighted by Crippen LogP contribution is 2.15. The molecule has 142 valence electrons. The fourth-order valence-corrected chi connectivity index (χ4v) is 2.40. The highest BCUT2D eigenvalue weighted by atomic mass is 16.5. The van der Waals surface area contributed by atoms with E-state index in [1.54, 1.807) is 69.6 Å². The van der Waals surface area contributed by atoms with E-state index in [4.69, 9.17) is 4.74 Å². The number of ether oxygens (including phenoxy) is 1. The van der Waals surface area contributed by atoms with E-state index in [2.05, 4.69) is 5.32 Å². The molecule has 27 heavy (non-hydrogen) atoms. The summed E-state index contributed by atoms with van der Waals surface area (Å²) >= 11 is 0. The maximum Gasteiger partial charge on any atom is 0.261 e. The van der Waals surface area contributed by atoms with Crippen LogP contribution in [0.3, 0.4) is 0 Å². The van der Waals surface area contributed by atoms with Crippen molar-refractivity contribution in [1.29, 1.82) is 0 Å². The summed E-state index contributed by atoms with van der Waals surface area (Å²) in [7, 11) is 3.40. The lowest BCUT2D eigenvalue weighted by molar-refractivity contribution is -0.127. The maximum atomic E-state index is 12.2. The summed E-state index contributed by atoms with van der Waals surface area (Å²) in [6.07, 6.45) is -0.707. The van der Waals surface area contributed by atoms with Gasteiger partial charge < -0.3 is 15.0 Å². The average Bonchev–Trinajstić information content (AvgIpc) is 2.65. The Balaban J connectivity index is 1.90. The van der Waals surface area contributed by atoms with Crippen LogP contribution in [0.4, 0.5) is 0 Å². The molecule has 2 rings (SSSR count). The SMILES string of the molecule is CC(=O)c1cccc(O[C@H](C)C(=O)NCc2ccc(C(=O)N(C)C)cc2)c1. The monoisotopic (exact) mass is 368 g/mol. The number of amides is 2. The smallest absolute Gasteiger partial charge is 0.261 e. The Labute approximate surface area is 159 Å². The number of hydrogen-bond donors (Lipinski definition) is 1. The van der Waals surface area contributed by atoms with Gasteiger partial charge in [0.1, 0.15) is 5.75 Å². The number of carbonyl (C=O) groups is 3. The molecule has 0 bridgehead atoms. The summed E-state index contributed by atoms with van der Waals surface area (Å²) in [5.41, 5.74) is 2.01. The Hall–Kier alpha value is -3.15. The van der Waals surface area contributed by atoms with Gasteiger partial charge in [0.25, 0.3) is 11.8 Å². The molecule has 0 saturated heterocycles. The van der Waals surface area contributed by atoms with E-state index in [1.165, 1.54) is 11.8 Å². The van der Waals surface area contributed by atoms with Crippen LogP contribution >= 0.6 is 0 Å². The Kier molecular flexibility index (Phi) is 6.71. The van der Waals surface area contributed by atoms with Crippen molar-refractivity contribution < 1.29 is 19.1 Å². The highest BCUT2D eigenvalue weighted by Gasteiger charge is 2.15. The molecule has 0 radical (unpaired) electrons. The number of Topliss-reactive ketones (excluding diaryl/α,β-unsaturated/α-hetero) is 1. The van der Waals surface area contributed by atoms with E-state index in [9.17, 15) is 14.4 Å². The second-order valence-electron chi connectivity index (χ2n) is 6.46. The molecule has 6 heteroatoms. The molecule has 0 spiro atoms. The molecule has 1 atom stereocenters. The van der Waals surface area contributed by atoms with Crippen LogP contribution in [0, 0.1) is 0 Å². The van der Waals surface area contributed by atoms with Crippen LogP contribution in [0.15, 0.2) is 48.5 Å². The van der Waals surface area contributed by atoms with Crippen LogP contribution in [-0.4, -0.2) is 42.7 Å². The quantitative estimate of drug-likeness (QED) is 0.763. The number of nitrogens with zero attached hydrogens (tertiary/aromatic N) is 1. The molecule has 0 unspecified atom stereocenters. The summed E-state index contributed by atoms with van der Waals surface area (Å²) in [6.45, 7) is 3.46. The number of carbonyl (C=O) groups excluding carboxylic acids is 3. The predicted octanol–water partition coefficient (Wildman–Crippen LogP) is 2.67. The first-order valence-corrected chi connectivity index (χ1v) is 8.64. The second kappa shape index (κ2) is 8.98. The number of ketones is 1. The van der Waals surface area contributed by atoms with Crippen LogP contribution in [0.5, 0.6) is 5.75 Å². The van der Waals surface area contributed by atoms with Crippen molar-refractivity contribution in [3.05, 3.63) is 65.2 Å². The van der Waals surface area contributed by atoms with Gasteiger partial charge in [0.2, 0.25) is 0 Å². The average molecular weight is 368 g/mol. The third-order valence-corrected chi connectivity index (χ3v) is 4.00. The van der Waals surface area contributed by atoms with Crippen LogP contribution in [0.25, 0.3) is 0 Å². The van der Waals surface area contributed by atoms with Gasteiger partial charge in [-0.1, -0.05) is 24.3 Å². The van der Waals surface area contributed by atoms with Gasteiger partial charge in [-0.3, -0.25) is 14.4 Å². The molecule has 6 nitrogen and oxygen atoms in total. The molecular weight excluding hydrogens is 344 g/mol. The summed E-state index contributed by atoms with van der Waals surface area (Å²) in [5.74, 6) is 0.0720. The molecule has 2 aromatic rings. The van der Waals surface area contributed by atoms with Crippen LogP contribution < -0.4 is 10.1 Å². The van der Waals surface area contributed by atoms with E-state index in [0.717, 1.165) is 5.56 Å². The number of nitrogens with one attached hydrogen (secondary N) is 1. The van der Waals surface area contributed by atoms with Crippen molar-refractivity contribution in [1.82, 2.24) is 10.2 Å². The van der Waals surface area contributed by atoms with Gasteiger partial charge in [0.15, 0.2) is 11.9 Å². The molecule has 0 fully saturated rings. The molecule has 0 aliphatic rings. The van der Waals surface area contributed by atoms with Gasteiger partial charge in [-0.2, -0.15) is 0 Å². The third kappa shape index (κ3) is 5.67. The van der Waals surface area contributed by atoms with Gasteiger partial charge in [-0.15, -0.1) is 0 Å². The summed E-state index contributed by atoms with van der Waals surface area (Å²) in [6, 6.07) is 13.8. The Morgan fingerprint density at radius 1 is 1.04 bits per heavy atom. The van der Waals surface area contributed by atoms with Crippen LogP contribution in [-0.2, 0) is 11.3 Å². The van der Waals surface area contributed by atoms with Crippen molar-refractivity contribution in [2.75, 3.05) is 14.1 Å². The van der Waals surface area contributed by atoms with Crippen molar-refractivity contribution in [3.63, 3.8) is 0 Å². The van der Waals surface area contributed by atoms with E-state index < -0.39 is 6.10 Å². The van der Waals surface area contributed by atoms with E-state index in [1.807, 2.05) is 0 Å². The van der Waals surface area contributed by atoms with Gasteiger partial charge >= 0.3 is 0 Å². The Morgan fingerprint density at radius 3 is 2.30 bits per heavy atom. The highest BCUT2D eigenvalue weighted by molar-refractivity contribution is 5.94. The maximum absolute atomic E-state index is 12.2. The van der Waals surface area contributed by atoms with Crippen molar-refractivity contribution in [3.8, 4) is 5.75 Å². The number of rotatable bonds is 7. The first kappa shape index (κ1) is 20.2. The molecule has 0 saturated carbocycles. The zero-order valence-corrected chi connectivity index (χ0v) is 16.0. The number of benzene rings is 2. The lowest BCUT2D eigenvalue weighted by Crippen LogP contribution is -2.35. The molecule has 0 aromatic heterocycles. The summed E-state index contributed by atoms with van der Waals surface area (Å²) < 4.78 is 5.62. The largest absolute Gasteiger partial charge is 0.481 e. The molecule has 1 N–H and O–H groups in total. The minimum absolute atomic E-state index is 0.0613. The molecule has 0 aliphatic heterocycles. The molecule has 0 heterocycles. The van der Waals surface area contributed by atoms with Crippen LogP contribution in [0.2, 0.25) is 0 Å². The summed E-state index contributed by atoms with van der Waals surface area (Å²) in [5, 5.41) is 2.80. The number of hydrogen-bond acceptors (Lipinski definition) is 4. The van der Waals surface area contributed by atoms with Gasteiger partial charge in [-0.25, -0.2) is 0 Å². The zero-order valence-electron chi connectivity index (χ0n) is 16.0. The van der Waals surface area contributed by atoms with Gasteiger partial charge in [-0.05, 0) is 43.7 Å². The predicted molar refractivity (Wildman–Crippen MR) is 103 cm³/mol. The minimum Gasteiger partial charge on any atom is -0.481 e. The third-order valence-electron chi connectivity index (χ3n) is 4.00. The molecule has 2 amide bonds. The lowest BCUT2D eigenvalue weighted by Gasteiger charge is -2.15. The summed E-state index contributed by atoms with van der Waals surface area (Å²) in [4.78, 5) is 37.0. The molecule has 2 aromatic carbocycles. The molecular formula is C21H24N2O4. The Morgan fingerprint density at radius 2 is 1.70 bits per heavy atom. The Bertz CT molecular complexity index is 828. The minimum atomic E-state index is -0.707. The van der Waals surface area contributed by atoms with Crippen molar-refractivity contribution in [2.45, 2.75) is 26.5 Å². The second-order valence-corrected chi connectivity index (χ2v) is 6.46. The van der Waals surface area contributed by atoms with Gasteiger partial charge in [0.05, 0.1) is 0 Å². The van der Waals surface area contributed by atoms with Crippen molar-refractivity contribution >= 4 is 17.6 Å². The van der Waals surface area contributed by atoms with E-state index >= 15 is 0 Å². The normalized spacial score (nSPS) is 11.4. The molecule has 0 aliphatic carbocycles. The first-order valence-electron chi connectivity index (χ1n) is 8.64. The topological polar surface area (TPSA) is 75.7 Å². The van der Waals surface area contributed by atoms with Crippen LogP contribution in [0.1, 0.15) is 40.1 Å². The van der Waals surface area contributed by atoms with E-state index in [-0.39, 0.29) is 17.6 Å². The standard InChI is InChI=1S/C21H24N2O4/c1-14(24)18-6-5-7-19(12-18)27-15(2)20(25)22-13-16-8-10-17(11-9-16)21(26)23(3)4/h5-12,15H,13H2,1-4H3,(H,22,25)/t15-/m1/s1. The fourth-order valence-electron chi connectivity index (χ4n) is 2.40. The van der Waals surface area contributed by atoms with Gasteiger partial charge in [0, 0.05) is 31.8 Å². The lowest BCUT2D eigenvalue weighted by atomic mass is 10.1. The van der Waals surface area contributed by atoms with E-state index in [0.29, 0.717) is 23.4 Å². The fraction of sp³-hybridized carbons (Fsp3) is 0.286. The first-order chi connectivity index (χ1) is 12.8. The van der Waals surface area contributed by atoms with Crippen molar-refractivity contribution in [2.24, 2.45) is 0 Å².